The summed E-state index contributed by atoms with van der Waals surface area (Å²) in [5, 5.41) is 5.40. The lowest BCUT2D eigenvalue weighted by Crippen LogP contribution is -2.15. The molecule has 0 saturated heterocycles. The fraction of sp³-hybridized carbons (Fsp3) is 0.875. The van der Waals surface area contributed by atoms with E-state index < -0.39 is 0 Å². The lowest BCUT2D eigenvalue weighted by Gasteiger charge is -2.05. The number of unbranched alkanes of at least 4 members (excludes halogenated alkanes) is 5. The van der Waals surface area contributed by atoms with Gasteiger partial charge in [0.05, 0.1) is 0 Å². The maximum absolute atomic E-state index is 11.2. The van der Waals surface area contributed by atoms with Crippen LogP contribution in [-0.2, 0) is 14.3 Å². The quantitative estimate of drug-likeness (QED) is 0.404. The van der Waals surface area contributed by atoms with Gasteiger partial charge in [-0.2, -0.15) is 0 Å². The SMILES string of the molecule is CC(C)C(=O)COCCCCCCCCNC=O.CNC. The number of Topliss-reactive ketones (excluding diaryl/α,β-unsaturated/α-hetero) is 1. The highest BCUT2D eigenvalue weighted by Crippen LogP contribution is 2.05. The van der Waals surface area contributed by atoms with Crippen LogP contribution in [0.15, 0.2) is 0 Å². The van der Waals surface area contributed by atoms with E-state index in [0.29, 0.717) is 6.61 Å². The van der Waals surface area contributed by atoms with Crippen molar-refractivity contribution in [1.29, 1.82) is 0 Å². The molecule has 0 unspecified atom stereocenters. The van der Waals surface area contributed by atoms with Gasteiger partial charge in [0.2, 0.25) is 6.41 Å². The molecule has 0 aromatic rings. The van der Waals surface area contributed by atoms with E-state index in [1.807, 2.05) is 27.9 Å². The van der Waals surface area contributed by atoms with Crippen LogP contribution in [0.2, 0.25) is 0 Å². The number of carbonyl (C=O) groups excluding carboxylic acids is 2. The molecule has 126 valence electrons. The number of hydrogen-bond donors (Lipinski definition) is 2. The standard InChI is InChI=1S/C14H27NO3.C2H7N/c1-13(2)14(17)11-18-10-8-6-4-3-5-7-9-15-12-16;1-3-2/h12-13H,3-11H2,1-2H3,(H,15,16);3H,1-2H3. The smallest absolute Gasteiger partial charge is 0.207 e. The second-order valence-electron chi connectivity index (χ2n) is 5.37. The number of hydrogen-bond acceptors (Lipinski definition) is 4. The van der Waals surface area contributed by atoms with E-state index in [-0.39, 0.29) is 18.3 Å². The number of rotatable bonds is 13. The minimum Gasteiger partial charge on any atom is -0.374 e. The maximum atomic E-state index is 11.2. The number of carbonyl (C=O) groups is 2. The van der Waals surface area contributed by atoms with Crippen LogP contribution in [0, 0.1) is 5.92 Å². The zero-order valence-corrected chi connectivity index (χ0v) is 14.2. The van der Waals surface area contributed by atoms with Crippen LogP contribution in [0.4, 0.5) is 0 Å². The second kappa shape index (κ2) is 19.1. The molecule has 21 heavy (non-hydrogen) atoms. The Bertz CT molecular complexity index is 234. The molecule has 0 aliphatic rings. The molecule has 2 N–H and O–H groups in total. The Hall–Kier alpha value is -0.940. The predicted octanol–water partition coefficient (Wildman–Crippen LogP) is 2.15. The first kappa shape index (κ1) is 22.3. The lowest BCUT2D eigenvalue weighted by atomic mass is 10.1. The van der Waals surface area contributed by atoms with Gasteiger partial charge in [-0.3, -0.25) is 9.59 Å². The van der Waals surface area contributed by atoms with Gasteiger partial charge >= 0.3 is 0 Å². The zero-order valence-electron chi connectivity index (χ0n) is 14.2. The summed E-state index contributed by atoms with van der Waals surface area (Å²) in [4.78, 5) is 21.2. The highest BCUT2D eigenvalue weighted by molar-refractivity contribution is 5.81. The normalized spacial score (nSPS) is 9.95. The molecule has 0 fully saturated rings. The molecule has 0 aromatic heterocycles. The van der Waals surface area contributed by atoms with Gasteiger partial charge in [-0.15, -0.1) is 0 Å². The van der Waals surface area contributed by atoms with E-state index in [1.165, 1.54) is 12.8 Å². The molecule has 0 heterocycles. The Balaban J connectivity index is 0. The fourth-order valence-corrected chi connectivity index (χ4v) is 1.54. The Morgan fingerprint density at radius 2 is 1.57 bits per heavy atom. The summed E-state index contributed by atoms with van der Waals surface area (Å²) in [7, 11) is 3.75. The summed E-state index contributed by atoms with van der Waals surface area (Å²) in [5.74, 6) is 0.252. The zero-order chi connectivity index (χ0) is 16.3. The van der Waals surface area contributed by atoms with E-state index in [0.717, 1.165) is 38.6 Å². The molecule has 5 heteroatoms. The fourth-order valence-electron chi connectivity index (χ4n) is 1.54. The van der Waals surface area contributed by atoms with Crippen LogP contribution in [0.1, 0.15) is 52.4 Å². The third-order valence-corrected chi connectivity index (χ3v) is 2.83. The molecular weight excluding hydrogens is 268 g/mol. The summed E-state index contributed by atoms with van der Waals surface area (Å²) in [6.45, 7) is 5.51. The third kappa shape index (κ3) is 21.5. The summed E-state index contributed by atoms with van der Waals surface area (Å²) in [5.41, 5.74) is 0. The number of nitrogens with one attached hydrogen (secondary N) is 2. The minimum atomic E-state index is 0.0741. The van der Waals surface area contributed by atoms with Gasteiger partial charge in [0.15, 0.2) is 5.78 Å². The van der Waals surface area contributed by atoms with Crippen molar-refractivity contribution in [3.05, 3.63) is 0 Å². The van der Waals surface area contributed by atoms with Gasteiger partial charge in [-0.25, -0.2) is 0 Å². The lowest BCUT2D eigenvalue weighted by molar-refractivity contribution is -0.126. The first-order chi connectivity index (χ1) is 10.1. The van der Waals surface area contributed by atoms with Crippen molar-refractivity contribution in [2.24, 2.45) is 5.92 Å². The van der Waals surface area contributed by atoms with E-state index in [2.05, 4.69) is 10.6 Å². The Morgan fingerprint density at radius 3 is 2.10 bits per heavy atom. The van der Waals surface area contributed by atoms with Gasteiger partial charge in [-0.1, -0.05) is 39.5 Å². The van der Waals surface area contributed by atoms with Gasteiger partial charge in [0.1, 0.15) is 6.61 Å². The second-order valence-corrected chi connectivity index (χ2v) is 5.37. The summed E-state index contributed by atoms with van der Waals surface area (Å²) < 4.78 is 5.32. The van der Waals surface area contributed by atoms with Crippen LogP contribution >= 0.6 is 0 Å². The first-order valence-corrected chi connectivity index (χ1v) is 7.96. The Kier molecular flexibility index (Phi) is 20.3. The molecule has 5 nitrogen and oxygen atoms in total. The third-order valence-electron chi connectivity index (χ3n) is 2.83. The van der Waals surface area contributed by atoms with Crippen molar-refractivity contribution >= 4 is 12.2 Å². The van der Waals surface area contributed by atoms with E-state index in [4.69, 9.17) is 4.74 Å². The maximum Gasteiger partial charge on any atom is 0.207 e. The van der Waals surface area contributed by atoms with E-state index in [1.54, 1.807) is 0 Å². The molecule has 0 saturated carbocycles. The van der Waals surface area contributed by atoms with Gasteiger partial charge < -0.3 is 15.4 Å². The molecule has 1 amide bonds. The van der Waals surface area contributed by atoms with Crippen LogP contribution in [0.25, 0.3) is 0 Å². The number of ether oxygens (including phenoxy) is 1. The van der Waals surface area contributed by atoms with Crippen LogP contribution in [-0.4, -0.2) is 46.0 Å². The molecule has 0 spiro atoms. The molecule has 0 radical (unpaired) electrons. The number of amides is 1. The molecule has 0 atom stereocenters. The molecular formula is C16H34N2O3. The van der Waals surface area contributed by atoms with Crippen molar-refractivity contribution in [3.8, 4) is 0 Å². The van der Waals surface area contributed by atoms with Crippen molar-refractivity contribution in [2.75, 3.05) is 33.9 Å². The van der Waals surface area contributed by atoms with Crippen molar-refractivity contribution < 1.29 is 14.3 Å². The summed E-state index contributed by atoms with van der Waals surface area (Å²) >= 11 is 0. The largest absolute Gasteiger partial charge is 0.374 e. The van der Waals surface area contributed by atoms with Crippen LogP contribution in [0.5, 0.6) is 0 Å². The Labute approximate surface area is 130 Å². The van der Waals surface area contributed by atoms with E-state index in [9.17, 15) is 9.59 Å². The topological polar surface area (TPSA) is 67.4 Å². The Morgan fingerprint density at radius 1 is 1.05 bits per heavy atom. The van der Waals surface area contributed by atoms with Gasteiger partial charge in [0.25, 0.3) is 0 Å². The van der Waals surface area contributed by atoms with Crippen LogP contribution < -0.4 is 10.6 Å². The monoisotopic (exact) mass is 302 g/mol. The van der Waals surface area contributed by atoms with Crippen molar-refractivity contribution in [3.63, 3.8) is 0 Å². The van der Waals surface area contributed by atoms with Crippen LogP contribution in [0.3, 0.4) is 0 Å². The highest BCUT2D eigenvalue weighted by Gasteiger charge is 2.06. The molecule has 0 aliphatic heterocycles. The molecule has 0 rings (SSSR count). The molecule has 0 aliphatic carbocycles. The average Bonchev–Trinajstić information content (AvgIpc) is 2.45. The highest BCUT2D eigenvalue weighted by atomic mass is 16.5. The van der Waals surface area contributed by atoms with Gasteiger partial charge in [-0.05, 0) is 26.9 Å². The van der Waals surface area contributed by atoms with Gasteiger partial charge in [0, 0.05) is 19.1 Å². The predicted molar refractivity (Wildman–Crippen MR) is 87.4 cm³/mol. The summed E-state index contributed by atoms with van der Waals surface area (Å²) in [6.07, 6.45) is 7.53. The molecule has 0 bridgehead atoms. The first-order valence-electron chi connectivity index (χ1n) is 7.96. The van der Waals surface area contributed by atoms with Crippen molar-refractivity contribution in [2.45, 2.75) is 52.4 Å². The minimum absolute atomic E-state index is 0.0741. The average molecular weight is 302 g/mol. The van der Waals surface area contributed by atoms with E-state index >= 15 is 0 Å². The molecule has 0 aromatic carbocycles. The summed E-state index contributed by atoms with van der Waals surface area (Å²) in [6, 6.07) is 0. The van der Waals surface area contributed by atoms with Crippen molar-refractivity contribution in [1.82, 2.24) is 10.6 Å². The number of ketones is 1.